The van der Waals surface area contributed by atoms with Crippen molar-refractivity contribution in [2.45, 2.75) is 78.8 Å². The average Bonchev–Trinajstić information content (AvgIpc) is 2.18. The molecular weight excluding hydrogens is 210 g/mol. The molecule has 0 aromatic heterocycles. The molecule has 2 nitrogen and oxygen atoms in total. The first kappa shape index (κ1) is 15.0. The summed E-state index contributed by atoms with van der Waals surface area (Å²) < 4.78 is 0. The van der Waals surface area contributed by atoms with Gasteiger partial charge in [-0.25, -0.2) is 0 Å². The zero-order valence-electron chi connectivity index (χ0n) is 12.3. The number of rotatable bonds is 4. The largest absolute Gasteiger partial charge is 0.396 e. The Labute approximate surface area is 107 Å². The third-order valence-electron chi connectivity index (χ3n) is 4.24. The van der Waals surface area contributed by atoms with Gasteiger partial charge in [0.1, 0.15) is 0 Å². The maximum Gasteiger partial charge on any atom is 0.0446 e. The first-order valence-electron chi connectivity index (χ1n) is 7.11. The Bertz CT molecular complexity index is 220. The Balaban J connectivity index is 2.46. The lowest BCUT2D eigenvalue weighted by molar-refractivity contribution is 0.148. The van der Waals surface area contributed by atoms with Crippen LogP contribution in [-0.4, -0.2) is 23.8 Å². The van der Waals surface area contributed by atoms with Crippen LogP contribution in [0.15, 0.2) is 0 Å². The molecule has 0 heterocycles. The molecule has 0 radical (unpaired) electrons. The molecule has 0 saturated heterocycles. The van der Waals surface area contributed by atoms with E-state index in [1.165, 1.54) is 25.7 Å². The van der Waals surface area contributed by atoms with Gasteiger partial charge in [0.05, 0.1) is 0 Å². The SMILES string of the molecule is CC1(C)CCC(NC(CCO)C(C)(C)C)CC1. The molecule has 1 aliphatic rings. The Morgan fingerprint density at radius 3 is 2.18 bits per heavy atom. The second kappa shape index (κ2) is 5.71. The summed E-state index contributed by atoms with van der Waals surface area (Å²) >= 11 is 0. The van der Waals surface area contributed by atoms with Gasteiger partial charge in [0, 0.05) is 18.7 Å². The van der Waals surface area contributed by atoms with Crippen molar-refractivity contribution >= 4 is 0 Å². The predicted octanol–water partition coefficient (Wildman–Crippen LogP) is 3.34. The van der Waals surface area contributed by atoms with Crippen LogP contribution >= 0.6 is 0 Å². The molecule has 1 atom stereocenters. The molecular formula is C15H31NO. The summed E-state index contributed by atoms with van der Waals surface area (Å²) in [6.07, 6.45) is 6.07. The van der Waals surface area contributed by atoms with Crippen molar-refractivity contribution < 1.29 is 5.11 Å². The van der Waals surface area contributed by atoms with Crippen molar-refractivity contribution in [1.29, 1.82) is 0 Å². The standard InChI is InChI=1S/C15H31NO/c1-14(2,3)13(8-11-17)16-12-6-9-15(4,5)10-7-12/h12-13,16-17H,6-11H2,1-5H3. The fourth-order valence-corrected chi connectivity index (χ4v) is 2.75. The van der Waals surface area contributed by atoms with E-state index >= 15 is 0 Å². The Hall–Kier alpha value is -0.0800. The summed E-state index contributed by atoms with van der Waals surface area (Å²) in [5.74, 6) is 0. The molecule has 0 aliphatic heterocycles. The highest BCUT2D eigenvalue weighted by molar-refractivity contribution is 4.88. The zero-order chi connectivity index (χ0) is 13.1. The Kier molecular flexibility index (Phi) is 5.03. The maximum atomic E-state index is 9.17. The van der Waals surface area contributed by atoms with E-state index in [0.29, 0.717) is 17.5 Å². The molecule has 1 saturated carbocycles. The first-order valence-corrected chi connectivity index (χ1v) is 7.11. The average molecular weight is 241 g/mol. The summed E-state index contributed by atoms with van der Waals surface area (Å²) in [4.78, 5) is 0. The van der Waals surface area contributed by atoms with Crippen molar-refractivity contribution in [3.63, 3.8) is 0 Å². The van der Waals surface area contributed by atoms with Gasteiger partial charge in [-0.2, -0.15) is 0 Å². The van der Waals surface area contributed by atoms with Gasteiger partial charge in [-0.1, -0.05) is 34.6 Å². The lowest BCUT2D eigenvalue weighted by Crippen LogP contribution is -2.48. The molecule has 1 unspecified atom stereocenters. The highest BCUT2D eigenvalue weighted by Gasteiger charge is 2.31. The summed E-state index contributed by atoms with van der Waals surface area (Å²) in [6, 6.07) is 1.08. The second-order valence-electron chi connectivity index (χ2n) is 7.54. The minimum atomic E-state index is 0.232. The van der Waals surface area contributed by atoms with Crippen LogP contribution in [0.4, 0.5) is 0 Å². The molecule has 0 bridgehead atoms. The van der Waals surface area contributed by atoms with Crippen LogP contribution < -0.4 is 5.32 Å². The van der Waals surface area contributed by atoms with Crippen molar-refractivity contribution in [2.24, 2.45) is 10.8 Å². The summed E-state index contributed by atoms with van der Waals surface area (Å²) in [5.41, 5.74) is 0.766. The third-order valence-corrected chi connectivity index (χ3v) is 4.24. The molecule has 2 heteroatoms. The third kappa shape index (κ3) is 4.97. The van der Waals surface area contributed by atoms with Crippen LogP contribution in [0, 0.1) is 10.8 Å². The van der Waals surface area contributed by atoms with Gasteiger partial charge < -0.3 is 10.4 Å². The molecule has 0 aromatic rings. The van der Waals surface area contributed by atoms with E-state index in [0.717, 1.165) is 6.42 Å². The minimum Gasteiger partial charge on any atom is -0.396 e. The molecule has 0 spiro atoms. The number of hydrogen-bond donors (Lipinski definition) is 2. The Morgan fingerprint density at radius 2 is 1.76 bits per heavy atom. The van der Waals surface area contributed by atoms with Gasteiger partial charge >= 0.3 is 0 Å². The number of aliphatic hydroxyl groups is 1. The van der Waals surface area contributed by atoms with Crippen LogP contribution in [0.25, 0.3) is 0 Å². The van der Waals surface area contributed by atoms with Gasteiger partial charge in [-0.3, -0.25) is 0 Å². The topological polar surface area (TPSA) is 32.3 Å². The van der Waals surface area contributed by atoms with E-state index in [-0.39, 0.29) is 12.0 Å². The van der Waals surface area contributed by atoms with Crippen molar-refractivity contribution in [3.8, 4) is 0 Å². The maximum absolute atomic E-state index is 9.17. The van der Waals surface area contributed by atoms with E-state index in [2.05, 4.69) is 39.9 Å². The van der Waals surface area contributed by atoms with Gasteiger partial charge in [0.2, 0.25) is 0 Å². The lowest BCUT2D eigenvalue weighted by atomic mass is 9.75. The van der Waals surface area contributed by atoms with Crippen LogP contribution in [0.2, 0.25) is 0 Å². The van der Waals surface area contributed by atoms with E-state index < -0.39 is 0 Å². The fourth-order valence-electron chi connectivity index (χ4n) is 2.75. The first-order chi connectivity index (χ1) is 7.74. The normalized spacial score (nSPS) is 23.6. The van der Waals surface area contributed by atoms with Crippen molar-refractivity contribution in [1.82, 2.24) is 5.32 Å². The molecule has 0 amide bonds. The van der Waals surface area contributed by atoms with Crippen molar-refractivity contribution in [2.75, 3.05) is 6.61 Å². The molecule has 2 N–H and O–H groups in total. The van der Waals surface area contributed by atoms with E-state index in [1.807, 2.05) is 0 Å². The Morgan fingerprint density at radius 1 is 1.24 bits per heavy atom. The van der Waals surface area contributed by atoms with Crippen LogP contribution in [0.1, 0.15) is 66.7 Å². The van der Waals surface area contributed by atoms with Crippen LogP contribution in [-0.2, 0) is 0 Å². The van der Waals surface area contributed by atoms with E-state index in [1.54, 1.807) is 0 Å². The van der Waals surface area contributed by atoms with Gasteiger partial charge in [0.25, 0.3) is 0 Å². The highest BCUT2D eigenvalue weighted by Crippen LogP contribution is 2.36. The molecule has 0 aromatic carbocycles. The van der Waals surface area contributed by atoms with E-state index in [4.69, 9.17) is 0 Å². The van der Waals surface area contributed by atoms with Gasteiger partial charge in [-0.15, -0.1) is 0 Å². The summed E-state index contributed by atoms with van der Waals surface area (Å²) in [7, 11) is 0. The summed E-state index contributed by atoms with van der Waals surface area (Å²) in [6.45, 7) is 11.8. The molecule has 1 rings (SSSR count). The molecule has 17 heavy (non-hydrogen) atoms. The lowest BCUT2D eigenvalue weighted by Gasteiger charge is -2.40. The minimum absolute atomic E-state index is 0.232. The summed E-state index contributed by atoms with van der Waals surface area (Å²) in [5, 5.41) is 12.9. The molecule has 1 fully saturated rings. The molecule has 1 aliphatic carbocycles. The number of aliphatic hydroxyl groups excluding tert-OH is 1. The predicted molar refractivity (Wildman–Crippen MR) is 74.1 cm³/mol. The smallest absolute Gasteiger partial charge is 0.0446 e. The zero-order valence-corrected chi connectivity index (χ0v) is 12.3. The van der Waals surface area contributed by atoms with Crippen LogP contribution in [0.3, 0.4) is 0 Å². The second-order valence-corrected chi connectivity index (χ2v) is 7.54. The number of hydrogen-bond acceptors (Lipinski definition) is 2. The van der Waals surface area contributed by atoms with Gasteiger partial charge in [0.15, 0.2) is 0 Å². The number of nitrogens with one attached hydrogen (secondary N) is 1. The van der Waals surface area contributed by atoms with Gasteiger partial charge in [-0.05, 0) is 42.9 Å². The highest BCUT2D eigenvalue weighted by atomic mass is 16.3. The monoisotopic (exact) mass is 241 g/mol. The van der Waals surface area contributed by atoms with Crippen molar-refractivity contribution in [3.05, 3.63) is 0 Å². The van der Waals surface area contributed by atoms with Crippen LogP contribution in [0.5, 0.6) is 0 Å². The fraction of sp³-hybridized carbons (Fsp3) is 1.00. The molecule has 102 valence electrons. The van der Waals surface area contributed by atoms with E-state index in [9.17, 15) is 5.11 Å². The quantitative estimate of drug-likeness (QED) is 0.791.